The monoisotopic (exact) mass is 238 g/mol. The molecule has 94 valence electrons. The summed E-state index contributed by atoms with van der Waals surface area (Å²) in [5.41, 5.74) is 1.13. The normalized spacial score (nSPS) is 18.8. The molecule has 0 radical (unpaired) electrons. The molecular formula is C11H18N4O2. The molecular weight excluding hydrogens is 220 g/mol. The second-order valence-electron chi connectivity index (χ2n) is 4.10. The van der Waals surface area contributed by atoms with Gasteiger partial charge in [-0.15, -0.1) is 0 Å². The van der Waals surface area contributed by atoms with Crippen LogP contribution >= 0.6 is 0 Å². The molecule has 0 fully saturated rings. The largest absolute Gasteiger partial charge is 0.383 e. The molecule has 1 amide bonds. The molecule has 0 saturated carbocycles. The first-order valence-electron chi connectivity index (χ1n) is 5.80. The Morgan fingerprint density at radius 3 is 3.47 bits per heavy atom. The molecule has 1 atom stereocenters. The van der Waals surface area contributed by atoms with Gasteiger partial charge in [-0.2, -0.15) is 5.10 Å². The van der Waals surface area contributed by atoms with Crippen molar-refractivity contribution >= 4 is 5.91 Å². The van der Waals surface area contributed by atoms with Gasteiger partial charge in [0.05, 0.1) is 24.8 Å². The molecule has 0 saturated heterocycles. The number of carbonyl (C=O) groups excluding carboxylic acids is 1. The number of aromatic nitrogens is 2. The van der Waals surface area contributed by atoms with E-state index in [-0.39, 0.29) is 11.9 Å². The lowest BCUT2D eigenvalue weighted by Crippen LogP contribution is -2.37. The molecule has 0 bridgehead atoms. The van der Waals surface area contributed by atoms with Crippen LogP contribution in [0.5, 0.6) is 0 Å². The first-order chi connectivity index (χ1) is 8.31. The number of methoxy groups -OCH3 is 1. The molecule has 2 rings (SSSR count). The molecule has 2 heterocycles. The summed E-state index contributed by atoms with van der Waals surface area (Å²) in [5.74, 6) is 0.0391. The molecule has 1 unspecified atom stereocenters. The predicted molar refractivity (Wildman–Crippen MR) is 62.5 cm³/mol. The number of hydrogen-bond acceptors (Lipinski definition) is 4. The highest BCUT2D eigenvalue weighted by Gasteiger charge is 2.21. The van der Waals surface area contributed by atoms with Crippen LogP contribution in [0.3, 0.4) is 0 Å². The lowest BCUT2D eigenvalue weighted by molar-refractivity contribution is -0.122. The number of nitrogens with one attached hydrogen (secondary N) is 2. The van der Waals surface area contributed by atoms with E-state index in [2.05, 4.69) is 15.7 Å². The van der Waals surface area contributed by atoms with Gasteiger partial charge in [0.25, 0.3) is 0 Å². The van der Waals surface area contributed by atoms with Crippen molar-refractivity contribution in [3.63, 3.8) is 0 Å². The maximum Gasteiger partial charge on any atom is 0.222 e. The van der Waals surface area contributed by atoms with Gasteiger partial charge < -0.3 is 15.4 Å². The summed E-state index contributed by atoms with van der Waals surface area (Å²) in [6, 6.07) is 2.08. The van der Waals surface area contributed by atoms with Gasteiger partial charge in [-0.25, -0.2) is 0 Å². The van der Waals surface area contributed by atoms with E-state index in [1.807, 2.05) is 10.7 Å². The second kappa shape index (κ2) is 5.79. The maximum atomic E-state index is 11.7. The van der Waals surface area contributed by atoms with Crippen molar-refractivity contribution in [2.24, 2.45) is 0 Å². The number of hydrogen-bond donors (Lipinski definition) is 2. The Kier molecular flexibility index (Phi) is 4.11. The van der Waals surface area contributed by atoms with Crippen LogP contribution in [0.25, 0.3) is 0 Å². The van der Waals surface area contributed by atoms with Gasteiger partial charge in [0.15, 0.2) is 0 Å². The Bertz CT molecular complexity index is 377. The maximum absolute atomic E-state index is 11.7. The van der Waals surface area contributed by atoms with Gasteiger partial charge in [0.2, 0.25) is 5.91 Å². The van der Waals surface area contributed by atoms with Crippen LogP contribution in [0.1, 0.15) is 18.2 Å². The Labute approximate surface area is 100 Å². The molecule has 0 aromatic carbocycles. The van der Waals surface area contributed by atoms with Crippen molar-refractivity contribution in [2.45, 2.75) is 19.0 Å². The molecule has 0 aliphatic carbocycles. The van der Waals surface area contributed by atoms with Crippen LogP contribution in [0.2, 0.25) is 0 Å². The van der Waals surface area contributed by atoms with Crippen LogP contribution in [0.15, 0.2) is 12.3 Å². The molecule has 1 aromatic heterocycles. The summed E-state index contributed by atoms with van der Waals surface area (Å²) in [5, 5.41) is 10.4. The minimum absolute atomic E-state index is 0.0391. The smallest absolute Gasteiger partial charge is 0.222 e. The topological polar surface area (TPSA) is 68.2 Å². The average Bonchev–Trinajstić information content (AvgIpc) is 2.78. The van der Waals surface area contributed by atoms with Crippen LogP contribution in [0, 0.1) is 0 Å². The van der Waals surface area contributed by atoms with Crippen molar-refractivity contribution in [3.8, 4) is 0 Å². The number of rotatable bonds is 5. The van der Waals surface area contributed by atoms with Gasteiger partial charge in [-0.3, -0.25) is 9.48 Å². The molecule has 1 aliphatic heterocycles. The van der Waals surface area contributed by atoms with Crippen LogP contribution in [0.4, 0.5) is 0 Å². The van der Waals surface area contributed by atoms with E-state index in [1.165, 1.54) is 0 Å². The van der Waals surface area contributed by atoms with E-state index in [4.69, 9.17) is 4.74 Å². The summed E-state index contributed by atoms with van der Waals surface area (Å²) in [6.45, 7) is 2.71. The van der Waals surface area contributed by atoms with Gasteiger partial charge in [0, 0.05) is 32.9 Å². The van der Waals surface area contributed by atoms with E-state index in [9.17, 15) is 4.79 Å². The van der Waals surface area contributed by atoms with Crippen LogP contribution < -0.4 is 10.6 Å². The predicted octanol–water partition coefficient (Wildman–Crippen LogP) is -0.320. The number of nitrogens with zero attached hydrogens (tertiary/aromatic N) is 2. The van der Waals surface area contributed by atoms with Gasteiger partial charge in [-0.1, -0.05) is 0 Å². The zero-order valence-corrected chi connectivity index (χ0v) is 9.98. The summed E-state index contributed by atoms with van der Waals surface area (Å²) in [7, 11) is 1.62. The summed E-state index contributed by atoms with van der Waals surface area (Å²) >= 11 is 0. The van der Waals surface area contributed by atoms with Crippen molar-refractivity contribution < 1.29 is 9.53 Å². The Balaban J connectivity index is 1.86. The highest BCUT2D eigenvalue weighted by atomic mass is 16.5. The Morgan fingerprint density at radius 1 is 1.76 bits per heavy atom. The molecule has 1 aliphatic rings. The van der Waals surface area contributed by atoms with Crippen molar-refractivity contribution in [1.82, 2.24) is 20.4 Å². The zero-order chi connectivity index (χ0) is 12.1. The first-order valence-corrected chi connectivity index (χ1v) is 5.80. The van der Waals surface area contributed by atoms with Crippen LogP contribution in [-0.4, -0.2) is 42.5 Å². The van der Waals surface area contributed by atoms with E-state index >= 15 is 0 Å². The first kappa shape index (κ1) is 12.1. The average molecular weight is 238 g/mol. The number of amides is 1. The molecule has 2 N–H and O–H groups in total. The zero-order valence-electron chi connectivity index (χ0n) is 9.98. The highest BCUT2D eigenvalue weighted by Crippen LogP contribution is 2.16. The summed E-state index contributed by atoms with van der Waals surface area (Å²) in [4.78, 5) is 11.7. The highest BCUT2D eigenvalue weighted by molar-refractivity contribution is 5.76. The lowest BCUT2D eigenvalue weighted by Gasteiger charge is -2.25. The van der Waals surface area contributed by atoms with Crippen molar-refractivity contribution in [2.75, 3.05) is 26.8 Å². The molecule has 1 aromatic rings. The van der Waals surface area contributed by atoms with Gasteiger partial charge in [0.1, 0.15) is 0 Å². The third-order valence-electron chi connectivity index (χ3n) is 2.83. The van der Waals surface area contributed by atoms with E-state index in [0.29, 0.717) is 19.6 Å². The Hall–Kier alpha value is -1.40. The fourth-order valence-corrected chi connectivity index (χ4v) is 2.00. The third kappa shape index (κ3) is 3.04. The fourth-order valence-electron chi connectivity index (χ4n) is 2.00. The minimum atomic E-state index is 0.0391. The molecule has 6 heteroatoms. The van der Waals surface area contributed by atoms with Crippen LogP contribution in [-0.2, 0) is 16.1 Å². The van der Waals surface area contributed by atoms with E-state index in [0.717, 1.165) is 18.8 Å². The van der Waals surface area contributed by atoms with Crippen molar-refractivity contribution in [3.05, 3.63) is 18.0 Å². The second-order valence-corrected chi connectivity index (χ2v) is 4.10. The SMILES string of the molecule is COCCNC(=O)CC1CNCc2ccnn21. The van der Waals surface area contributed by atoms with Crippen molar-refractivity contribution in [1.29, 1.82) is 0 Å². The standard InChI is InChI=1S/C11H18N4O2/c1-17-5-4-13-11(16)6-10-8-12-7-9-2-3-14-15(9)10/h2-3,10,12H,4-8H2,1H3,(H,13,16). The number of carbonyl (C=O) groups is 1. The molecule has 0 spiro atoms. The summed E-state index contributed by atoms with van der Waals surface area (Å²) < 4.78 is 6.82. The summed E-state index contributed by atoms with van der Waals surface area (Å²) in [6.07, 6.45) is 2.23. The van der Waals surface area contributed by atoms with E-state index in [1.54, 1.807) is 13.3 Å². The van der Waals surface area contributed by atoms with Gasteiger partial charge in [-0.05, 0) is 6.07 Å². The lowest BCUT2D eigenvalue weighted by atomic mass is 10.1. The third-order valence-corrected chi connectivity index (χ3v) is 2.83. The number of ether oxygens (including phenoxy) is 1. The quantitative estimate of drug-likeness (QED) is 0.690. The fraction of sp³-hybridized carbons (Fsp3) is 0.636. The minimum Gasteiger partial charge on any atom is -0.383 e. The Morgan fingerprint density at radius 2 is 2.65 bits per heavy atom. The molecule has 6 nitrogen and oxygen atoms in total. The van der Waals surface area contributed by atoms with E-state index < -0.39 is 0 Å². The molecule has 17 heavy (non-hydrogen) atoms. The van der Waals surface area contributed by atoms with Gasteiger partial charge >= 0.3 is 0 Å². The number of fused-ring (bicyclic) bond motifs is 1.